The lowest BCUT2D eigenvalue weighted by Crippen LogP contribution is -2.48. The number of nitriles is 1. The van der Waals surface area contributed by atoms with Gasteiger partial charge in [-0.2, -0.15) is 10.4 Å². The quantitative estimate of drug-likeness (QED) is 0.359. The van der Waals surface area contributed by atoms with Crippen molar-refractivity contribution in [3.05, 3.63) is 63.7 Å². The summed E-state index contributed by atoms with van der Waals surface area (Å²) < 4.78 is 5.65. The normalized spacial score (nSPS) is 27.9. The highest BCUT2D eigenvalue weighted by atomic mass is 16.6. The Hall–Kier alpha value is -3.40. The number of anilines is 1. The number of hydrogen-bond acceptors (Lipinski definition) is 6. The highest BCUT2D eigenvalue weighted by Crippen LogP contribution is 2.60. The number of nitro groups is 1. The highest BCUT2D eigenvalue weighted by molar-refractivity contribution is 5.84. The summed E-state index contributed by atoms with van der Waals surface area (Å²) in [6.45, 7) is -0.0205. The molecular formula is C25H26N4O3. The van der Waals surface area contributed by atoms with Crippen LogP contribution in [-0.2, 0) is 5.41 Å². The minimum absolute atomic E-state index is 0.0205. The average Bonchev–Trinajstić information content (AvgIpc) is 2.77. The van der Waals surface area contributed by atoms with E-state index in [1.54, 1.807) is 18.3 Å². The molecule has 0 radical (unpaired) electrons. The molecule has 4 saturated carbocycles. The van der Waals surface area contributed by atoms with Crippen molar-refractivity contribution < 1.29 is 9.66 Å². The van der Waals surface area contributed by atoms with Crippen LogP contribution < -0.4 is 10.2 Å². The van der Waals surface area contributed by atoms with Gasteiger partial charge in [0.15, 0.2) is 6.61 Å². The lowest BCUT2D eigenvalue weighted by atomic mass is 9.48. The second-order valence-corrected chi connectivity index (χ2v) is 9.57. The Morgan fingerprint density at radius 2 is 1.78 bits per heavy atom. The minimum atomic E-state index is -0.429. The Labute approximate surface area is 187 Å². The summed E-state index contributed by atoms with van der Waals surface area (Å²) in [5.41, 5.74) is 6.07. The summed E-state index contributed by atoms with van der Waals surface area (Å²) in [7, 11) is 0. The third kappa shape index (κ3) is 3.93. The van der Waals surface area contributed by atoms with Gasteiger partial charge in [0.25, 0.3) is 5.69 Å². The van der Waals surface area contributed by atoms with E-state index in [-0.39, 0.29) is 17.7 Å². The second-order valence-electron chi connectivity index (χ2n) is 9.57. The predicted molar refractivity (Wildman–Crippen MR) is 122 cm³/mol. The molecule has 0 heterocycles. The molecule has 7 nitrogen and oxygen atoms in total. The van der Waals surface area contributed by atoms with Crippen LogP contribution in [0, 0.1) is 39.2 Å². The first-order valence-corrected chi connectivity index (χ1v) is 11.2. The zero-order valence-electron chi connectivity index (χ0n) is 17.9. The van der Waals surface area contributed by atoms with E-state index in [2.05, 4.69) is 22.7 Å². The van der Waals surface area contributed by atoms with Crippen molar-refractivity contribution in [1.82, 2.24) is 0 Å². The molecule has 2 aromatic rings. The van der Waals surface area contributed by atoms with Crippen molar-refractivity contribution >= 4 is 17.6 Å². The Morgan fingerprint density at radius 3 is 2.38 bits per heavy atom. The zero-order chi connectivity index (χ0) is 22.1. The molecule has 7 heteroatoms. The molecule has 1 N–H and O–H groups in total. The van der Waals surface area contributed by atoms with E-state index >= 15 is 0 Å². The summed E-state index contributed by atoms with van der Waals surface area (Å²) in [5, 5.41) is 24.1. The number of rotatable bonds is 7. The van der Waals surface area contributed by atoms with Crippen molar-refractivity contribution in [1.29, 1.82) is 5.26 Å². The van der Waals surface area contributed by atoms with Crippen LogP contribution >= 0.6 is 0 Å². The van der Waals surface area contributed by atoms with Gasteiger partial charge in [0, 0.05) is 17.7 Å². The fourth-order valence-electron chi connectivity index (χ4n) is 6.52. The Balaban J connectivity index is 1.39. The molecule has 32 heavy (non-hydrogen) atoms. The van der Waals surface area contributed by atoms with Gasteiger partial charge in [-0.3, -0.25) is 15.5 Å². The van der Waals surface area contributed by atoms with Gasteiger partial charge in [-0.15, -0.1) is 0 Å². The van der Waals surface area contributed by atoms with E-state index in [4.69, 9.17) is 10.00 Å². The van der Waals surface area contributed by atoms with Gasteiger partial charge in [-0.05, 0) is 91.5 Å². The molecule has 0 aliphatic heterocycles. The van der Waals surface area contributed by atoms with Gasteiger partial charge < -0.3 is 4.74 Å². The Kier molecular flexibility index (Phi) is 5.30. The van der Waals surface area contributed by atoms with Crippen LogP contribution in [0.25, 0.3) is 0 Å². The molecule has 4 aliphatic carbocycles. The molecule has 0 unspecified atom stereocenters. The van der Waals surface area contributed by atoms with Crippen molar-refractivity contribution in [2.75, 3.05) is 12.0 Å². The molecule has 2 aromatic carbocycles. The van der Waals surface area contributed by atoms with E-state index < -0.39 is 4.92 Å². The molecular weight excluding hydrogens is 404 g/mol. The number of non-ortho nitro benzene ring substituents is 1. The van der Waals surface area contributed by atoms with Crippen LogP contribution in [0.15, 0.2) is 47.6 Å². The monoisotopic (exact) mass is 430 g/mol. The van der Waals surface area contributed by atoms with Crippen LogP contribution in [-0.4, -0.2) is 17.7 Å². The minimum Gasteiger partial charge on any atom is -0.478 e. The van der Waals surface area contributed by atoms with Gasteiger partial charge in [0.2, 0.25) is 0 Å². The number of nitrogens with one attached hydrogen (secondary N) is 1. The highest BCUT2D eigenvalue weighted by Gasteiger charge is 2.51. The van der Waals surface area contributed by atoms with E-state index in [0.29, 0.717) is 11.4 Å². The fourth-order valence-corrected chi connectivity index (χ4v) is 6.52. The van der Waals surface area contributed by atoms with Crippen molar-refractivity contribution in [2.24, 2.45) is 22.9 Å². The largest absolute Gasteiger partial charge is 0.478 e. The predicted octanol–water partition coefficient (Wildman–Crippen LogP) is 5.41. The number of ether oxygens (including phenoxy) is 1. The Morgan fingerprint density at radius 1 is 1.12 bits per heavy atom. The summed E-state index contributed by atoms with van der Waals surface area (Å²) in [5.74, 6) is 3.21. The molecule has 6 rings (SSSR count). The molecule has 4 fully saturated rings. The average molecular weight is 431 g/mol. The summed E-state index contributed by atoms with van der Waals surface area (Å²) in [6.07, 6.45) is 9.72. The number of benzene rings is 2. The maximum Gasteiger partial charge on any atom is 0.269 e. The third-order valence-electron chi connectivity index (χ3n) is 7.43. The van der Waals surface area contributed by atoms with Crippen molar-refractivity contribution in [3.8, 4) is 11.8 Å². The summed E-state index contributed by atoms with van der Waals surface area (Å²) in [6, 6.07) is 14.5. The summed E-state index contributed by atoms with van der Waals surface area (Å²) >= 11 is 0. The summed E-state index contributed by atoms with van der Waals surface area (Å²) in [4.78, 5) is 10.4. The van der Waals surface area contributed by atoms with E-state index in [9.17, 15) is 10.1 Å². The Bertz CT molecular complexity index is 1050. The van der Waals surface area contributed by atoms with Crippen LogP contribution in [0.5, 0.6) is 5.75 Å². The molecule has 0 atom stereocenters. The van der Waals surface area contributed by atoms with Crippen molar-refractivity contribution in [3.63, 3.8) is 0 Å². The van der Waals surface area contributed by atoms with Crippen LogP contribution in [0.3, 0.4) is 0 Å². The van der Waals surface area contributed by atoms with E-state index in [1.807, 2.05) is 12.1 Å². The van der Waals surface area contributed by atoms with Gasteiger partial charge >= 0.3 is 0 Å². The lowest BCUT2D eigenvalue weighted by Gasteiger charge is -2.57. The molecule has 164 valence electrons. The standard InChI is InChI=1S/C25H26N4O3/c26-7-8-32-24-6-1-21(25-13-17-9-18(14-25)11-19(10-17)15-25)12-20(24)16-27-28-22-2-4-23(5-3-22)29(30)31/h1-6,12,16-19,28H,8-11,13-15H2/b27-16+. The second kappa shape index (κ2) is 8.27. The van der Waals surface area contributed by atoms with Crippen LogP contribution in [0.4, 0.5) is 11.4 Å². The first kappa shape index (κ1) is 20.5. The first-order chi connectivity index (χ1) is 15.5. The SMILES string of the molecule is N#CCOc1ccc(C23CC4CC(CC(C4)C2)C3)cc1/C=N/Nc1ccc([N+](=O)[O-])cc1. The first-order valence-electron chi connectivity index (χ1n) is 11.2. The smallest absolute Gasteiger partial charge is 0.269 e. The van der Waals surface area contributed by atoms with Gasteiger partial charge in [-0.25, -0.2) is 0 Å². The molecule has 4 aliphatic rings. The number of nitrogens with zero attached hydrogens (tertiary/aromatic N) is 3. The molecule has 0 saturated heterocycles. The number of hydrogen-bond donors (Lipinski definition) is 1. The molecule has 0 spiro atoms. The molecule has 0 aromatic heterocycles. The number of hydrazone groups is 1. The molecule has 0 amide bonds. The molecule has 4 bridgehead atoms. The van der Waals surface area contributed by atoms with Crippen molar-refractivity contribution in [2.45, 2.75) is 43.9 Å². The lowest BCUT2D eigenvalue weighted by molar-refractivity contribution is -0.384. The fraction of sp³-hybridized carbons (Fsp3) is 0.440. The van der Waals surface area contributed by atoms with Gasteiger partial charge in [-0.1, -0.05) is 6.07 Å². The van der Waals surface area contributed by atoms with Crippen LogP contribution in [0.2, 0.25) is 0 Å². The maximum atomic E-state index is 10.8. The van der Waals surface area contributed by atoms with Gasteiger partial charge in [0.1, 0.15) is 11.8 Å². The van der Waals surface area contributed by atoms with Crippen LogP contribution in [0.1, 0.15) is 49.7 Å². The van der Waals surface area contributed by atoms with E-state index in [1.165, 1.54) is 56.2 Å². The zero-order valence-corrected chi connectivity index (χ0v) is 17.9. The maximum absolute atomic E-state index is 10.8. The number of nitro benzene ring substituents is 1. The third-order valence-corrected chi connectivity index (χ3v) is 7.43. The topological polar surface area (TPSA) is 101 Å². The van der Waals surface area contributed by atoms with Gasteiger partial charge in [0.05, 0.1) is 16.8 Å². The van der Waals surface area contributed by atoms with E-state index in [0.717, 1.165) is 23.3 Å².